The summed E-state index contributed by atoms with van der Waals surface area (Å²) < 4.78 is 0. The van der Waals surface area contributed by atoms with Crippen molar-refractivity contribution in [2.75, 3.05) is 0 Å². The third-order valence-electron chi connectivity index (χ3n) is 2.11. The molecule has 0 aliphatic carbocycles. The summed E-state index contributed by atoms with van der Waals surface area (Å²) in [4.78, 5) is 20.6. The highest BCUT2D eigenvalue weighted by Crippen LogP contribution is 2.23. The molecule has 1 aromatic carbocycles. The highest BCUT2D eigenvalue weighted by atomic mass is 16.6. The minimum absolute atomic E-state index is 0.0638. The summed E-state index contributed by atoms with van der Waals surface area (Å²) in [5.74, 6) is 0. The summed E-state index contributed by atoms with van der Waals surface area (Å²) in [5.41, 5.74) is 1.06. The maximum absolute atomic E-state index is 10.7. The average Bonchev–Trinajstić information content (AvgIpc) is 2.21. The molecule has 5 nitrogen and oxygen atoms in total. The monoisotopic (exact) mass is 204 g/mol. The van der Waals surface area contributed by atoms with Crippen LogP contribution in [0.2, 0.25) is 0 Å². The largest absolute Gasteiger partial charge is 0.298 e. The van der Waals surface area contributed by atoms with Crippen LogP contribution in [0.3, 0.4) is 0 Å². The van der Waals surface area contributed by atoms with E-state index < -0.39 is 4.92 Å². The third-order valence-corrected chi connectivity index (χ3v) is 2.11. The van der Waals surface area contributed by atoms with Crippen LogP contribution in [-0.2, 0) is 6.42 Å². The number of hydrogen-bond donors (Lipinski definition) is 0. The predicted molar refractivity (Wildman–Crippen MR) is 52.5 cm³/mol. The molecule has 0 saturated carbocycles. The van der Waals surface area contributed by atoms with E-state index in [4.69, 9.17) is 5.26 Å². The number of nitro groups is 1. The van der Waals surface area contributed by atoms with Crippen molar-refractivity contribution in [2.24, 2.45) is 0 Å². The van der Waals surface area contributed by atoms with E-state index in [0.717, 1.165) is 0 Å². The van der Waals surface area contributed by atoms with Crippen molar-refractivity contribution in [3.8, 4) is 6.07 Å². The van der Waals surface area contributed by atoms with Gasteiger partial charge in [0, 0.05) is 17.2 Å². The molecule has 1 rings (SSSR count). The average molecular weight is 204 g/mol. The molecule has 0 N–H and O–H groups in total. The lowest BCUT2D eigenvalue weighted by molar-refractivity contribution is -0.385. The Morgan fingerprint density at radius 3 is 2.73 bits per heavy atom. The fourth-order valence-electron chi connectivity index (χ4n) is 1.31. The number of benzene rings is 1. The molecule has 0 saturated heterocycles. The van der Waals surface area contributed by atoms with Crippen molar-refractivity contribution >= 4 is 12.0 Å². The molecule has 0 atom stereocenters. The zero-order chi connectivity index (χ0) is 11.4. The van der Waals surface area contributed by atoms with Gasteiger partial charge in [0.15, 0.2) is 0 Å². The van der Waals surface area contributed by atoms with Crippen molar-refractivity contribution in [3.63, 3.8) is 0 Å². The van der Waals surface area contributed by atoms with E-state index >= 15 is 0 Å². The molecule has 1 aromatic rings. The van der Waals surface area contributed by atoms with Gasteiger partial charge in [-0.05, 0) is 18.6 Å². The van der Waals surface area contributed by atoms with E-state index in [2.05, 4.69) is 0 Å². The highest BCUT2D eigenvalue weighted by Gasteiger charge is 2.15. The molecule has 0 heterocycles. The zero-order valence-electron chi connectivity index (χ0n) is 8.06. The van der Waals surface area contributed by atoms with Gasteiger partial charge in [0.1, 0.15) is 6.29 Å². The Hall–Kier alpha value is -2.22. The number of hydrogen-bond acceptors (Lipinski definition) is 4. The molecule has 5 heteroatoms. The molecule has 0 aromatic heterocycles. The summed E-state index contributed by atoms with van der Waals surface area (Å²) in [6, 6.07) is 4.61. The van der Waals surface area contributed by atoms with Gasteiger partial charge in [-0.1, -0.05) is 0 Å². The number of rotatable bonds is 3. The predicted octanol–water partition coefficient (Wildman–Crippen LogP) is 1.78. The molecule has 0 radical (unpaired) electrons. The van der Waals surface area contributed by atoms with Crippen molar-refractivity contribution in [2.45, 2.75) is 13.3 Å². The minimum atomic E-state index is -0.552. The Kier molecular flexibility index (Phi) is 3.13. The lowest BCUT2D eigenvalue weighted by Gasteiger charge is -2.03. The molecule has 15 heavy (non-hydrogen) atoms. The normalized spacial score (nSPS) is 9.33. The number of aldehydes is 1. The van der Waals surface area contributed by atoms with E-state index in [9.17, 15) is 14.9 Å². The van der Waals surface area contributed by atoms with Crippen molar-refractivity contribution in [1.29, 1.82) is 5.26 Å². The molecule has 0 bridgehead atoms. The molecular formula is C10H8N2O3. The first kappa shape index (κ1) is 10.9. The van der Waals surface area contributed by atoms with E-state index in [1.54, 1.807) is 6.92 Å². The van der Waals surface area contributed by atoms with E-state index in [-0.39, 0.29) is 17.7 Å². The third kappa shape index (κ3) is 2.17. The summed E-state index contributed by atoms with van der Waals surface area (Å²) in [7, 11) is 0. The van der Waals surface area contributed by atoms with E-state index in [1.807, 2.05) is 6.07 Å². The van der Waals surface area contributed by atoms with Crippen LogP contribution in [0.4, 0.5) is 5.69 Å². The Balaban J connectivity index is 3.41. The summed E-state index contributed by atoms with van der Waals surface area (Å²) in [5, 5.41) is 19.2. The second-order valence-corrected chi connectivity index (χ2v) is 3.03. The van der Waals surface area contributed by atoms with Gasteiger partial charge in [0.2, 0.25) is 0 Å². The quantitative estimate of drug-likeness (QED) is 0.426. The molecular weight excluding hydrogens is 196 g/mol. The van der Waals surface area contributed by atoms with Gasteiger partial charge in [-0.25, -0.2) is 0 Å². The van der Waals surface area contributed by atoms with Crippen molar-refractivity contribution < 1.29 is 9.72 Å². The van der Waals surface area contributed by atoms with Crippen LogP contribution in [0.25, 0.3) is 0 Å². The Bertz CT molecular complexity index is 460. The van der Waals surface area contributed by atoms with Crippen LogP contribution in [0, 0.1) is 28.4 Å². The van der Waals surface area contributed by atoms with Gasteiger partial charge in [-0.3, -0.25) is 14.9 Å². The molecule has 0 aliphatic heterocycles. The number of carbonyl (C=O) groups excluding carboxylic acids is 1. The van der Waals surface area contributed by atoms with Crippen LogP contribution >= 0.6 is 0 Å². The van der Waals surface area contributed by atoms with Crippen LogP contribution in [-0.4, -0.2) is 11.2 Å². The van der Waals surface area contributed by atoms with E-state index in [0.29, 0.717) is 17.4 Å². The fourth-order valence-corrected chi connectivity index (χ4v) is 1.31. The van der Waals surface area contributed by atoms with E-state index in [1.165, 1.54) is 12.1 Å². The second-order valence-electron chi connectivity index (χ2n) is 3.03. The lowest BCUT2D eigenvalue weighted by atomic mass is 10.0. The van der Waals surface area contributed by atoms with Crippen molar-refractivity contribution in [3.05, 3.63) is 38.9 Å². The molecule has 76 valence electrons. The van der Waals surface area contributed by atoms with Gasteiger partial charge in [0.25, 0.3) is 5.69 Å². The minimum Gasteiger partial charge on any atom is -0.298 e. The Morgan fingerprint density at radius 1 is 1.60 bits per heavy atom. The van der Waals surface area contributed by atoms with Crippen molar-refractivity contribution in [1.82, 2.24) is 0 Å². The van der Waals surface area contributed by atoms with Crippen LogP contribution in [0.15, 0.2) is 12.1 Å². The van der Waals surface area contributed by atoms with Crippen LogP contribution in [0.5, 0.6) is 0 Å². The number of nitro benzene ring substituents is 1. The van der Waals surface area contributed by atoms with Gasteiger partial charge in [-0.15, -0.1) is 0 Å². The van der Waals surface area contributed by atoms with Gasteiger partial charge >= 0.3 is 0 Å². The summed E-state index contributed by atoms with van der Waals surface area (Å²) in [6.45, 7) is 1.57. The Labute approximate surface area is 86.1 Å². The number of carbonyl (C=O) groups is 1. The van der Waals surface area contributed by atoms with Gasteiger partial charge < -0.3 is 0 Å². The maximum Gasteiger partial charge on any atom is 0.273 e. The Morgan fingerprint density at radius 2 is 2.27 bits per heavy atom. The van der Waals surface area contributed by atoms with Gasteiger partial charge in [-0.2, -0.15) is 5.26 Å². The standard InChI is InChI=1S/C10H8N2O3/c1-7-9(2-3-11)4-8(6-13)5-10(7)12(14)15/h4-6H,2H2,1H3. The fraction of sp³-hybridized carbons (Fsp3) is 0.200. The first-order valence-corrected chi connectivity index (χ1v) is 4.20. The summed E-state index contributed by atoms with van der Waals surface area (Å²) in [6.07, 6.45) is 0.599. The smallest absolute Gasteiger partial charge is 0.273 e. The SMILES string of the molecule is Cc1c(CC#N)cc(C=O)cc1[N+](=O)[O-]. The first-order chi connectivity index (χ1) is 7.10. The lowest BCUT2D eigenvalue weighted by Crippen LogP contribution is -1.98. The highest BCUT2D eigenvalue weighted by molar-refractivity contribution is 5.77. The molecule has 0 amide bonds. The van der Waals surface area contributed by atoms with Crippen LogP contribution < -0.4 is 0 Å². The summed E-state index contributed by atoms with van der Waals surface area (Å²) >= 11 is 0. The molecule has 0 aliphatic rings. The van der Waals surface area contributed by atoms with Crippen LogP contribution in [0.1, 0.15) is 21.5 Å². The molecule has 0 unspecified atom stereocenters. The maximum atomic E-state index is 10.7. The number of nitriles is 1. The first-order valence-electron chi connectivity index (χ1n) is 4.20. The molecule has 0 spiro atoms. The topological polar surface area (TPSA) is 84.0 Å². The second kappa shape index (κ2) is 4.33. The van der Waals surface area contributed by atoms with Gasteiger partial charge in [0.05, 0.1) is 17.4 Å². The zero-order valence-corrected chi connectivity index (χ0v) is 8.06. The molecule has 0 fully saturated rings. The number of nitrogens with zero attached hydrogens (tertiary/aromatic N) is 2.